The molecular formula is C14H23N3O2. The molecule has 2 aliphatic rings. The third kappa shape index (κ3) is 2.68. The molecule has 2 heterocycles. The number of likely N-dealkylation sites (N-methyl/N-ethyl adjacent to an activating group) is 1. The Kier molecular flexibility index (Phi) is 3.86. The van der Waals surface area contributed by atoms with E-state index in [9.17, 15) is 5.11 Å². The Hall–Kier alpha value is -0.910. The molecule has 19 heavy (non-hydrogen) atoms. The van der Waals surface area contributed by atoms with Gasteiger partial charge in [0.25, 0.3) is 0 Å². The minimum atomic E-state index is 0.226. The maximum Gasteiger partial charge on any atom is 0.140 e. The molecule has 1 atom stereocenters. The standard InChI is InChI=1S/C14H23N3O2/c1-16-6-7-17(8-11(16)10-18)9-13-12-4-2-3-5-14(12)19-15-13/h11,18H,2-10H2,1H3. The fourth-order valence-corrected chi connectivity index (χ4v) is 3.14. The first-order chi connectivity index (χ1) is 9.28. The molecule has 3 rings (SSSR count). The zero-order valence-electron chi connectivity index (χ0n) is 11.6. The van der Waals surface area contributed by atoms with Gasteiger partial charge in [-0.2, -0.15) is 0 Å². The van der Waals surface area contributed by atoms with Gasteiger partial charge in [-0.3, -0.25) is 9.80 Å². The molecule has 0 radical (unpaired) electrons. The van der Waals surface area contributed by atoms with Gasteiger partial charge < -0.3 is 9.63 Å². The van der Waals surface area contributed by atoms with Gasteiger partial charge in [0.05, 0.1) is 6.61 Å². The number of aliphatic hydroxyl groups is 1. The van der Waals surface area contributed by atoms with Crippen molar-refractivity contribution in [3.8, 4) is 0 Å². The molecule has 5 nitrogen and oxygen atoms in total. The van der Waals surface area contributed by atoms with Crippen LogP contribution in [-0.2, 0) is 19.4 Å². The maximum absolute atomic E-state index is 9.39. The molecule has 1 aromatic rings. The third-order valence-electron chi connectivity index (χ3n) is 4.48. The Morgan fingerprint density at radius 2 is 2.16 bits per heavy atom. The average Bonchev–Trinajstić information content (AvgIpc) is 2.84. The summed E-state index contributed by atoms with van der Waals surface area (Å²) in [4.78, 5) is 4.61. The van der Waals surface area contributed by atoms with Gasteiger partial charge in [0.15, 0.2) is 0 Å². The van der Waals surface area contributed by atoms with Gasteiger partial charge in [0.1, 0.15) is 11.5 Å². The highest BCUT2D eigenvalue weighted by atomic mass is 16.5. The summed E-state index contributed by atoms with van der Waals surface area (Å²) in [6.07, 6.45) is 4.64. The van der Waals surface area contributed by atoms with Crippen LogP contribution >= 0.6 is 0 Å². The first-order valence-corrected chi connectivity index (χ1v) is 7.27. The zero-order chi connectivity index (χ0) is 13.2. The van der Waals surface area contributed by atoms with Crippen molar-refractivity contribution in [3.63, 3.8) is 0 Å². The Labute approximate surface area is 114 Å². The third-order valence-corrected chi connectivity index (χ3v) is 4.48. The van der Waals surface area contributed by atoms with Crippen LogP contribution in [0.3, 0.4) is 0 Å². The van der Waals surface area contributed by atoms with E-state index in [1.807, 2.05) is 0 Å². The number of nitrogens with zero attached hydrogens (tertiary/aromatic N) is 3. The lowest BCUT2D eigenvalue weighted by Crippen LogP contribution is -2.52. The van der Waals surface area contributed by atoms with E-state index in [4.69, 9.17) is 4.52 Å². The molecule has 1 fully saturated rings. The molecule has 5 heteroatoms. The summed E-state index contributed by atoms with van der Waals surface area (Å²) in [5, 5.41) is 13.7. The minimum Gasteiger partial charge on any atom is -0.395 e. The summed E-state index contributed by atoms with van der Waals surface area (Å²) in [6.45, 7) is 4.04. The van der Waals surface area contributed by atoms with Crippen LogP contribution in [0.25, 0.3) is 0 Å². The SMILES string of the molecule is CN1CCN(Cc2noc3c2CCCC3)CC1CO. The molecule has 1 aromatic heterocycles. The zero-order valence-corrected chi connectivity index (χ0v) is 11.6. The predicted octanol–water partition coefficient (Wildman–Crippen LogP) is 0.662. The Morgan fingerprint density at radius 1 is 1.32 bits per heavy atom. The van der Waals surface area contributed by atoms with E-state index in [0.29, 0.717) is 0 Å². The summed E-state index contributed by atoms with van der Waals surface area (Å²) in [7, 11) is 2.08. The van der Waals surface area contributed by atoms with Gasteiger partial charge in [-0.1, -0.05) is 5.16 Å². The largest absolute Gasteiger partial charge is 0.395 e. The molecule has 106 valence electrons. The highest BCUT2D eigenvalue weighted by Crippen LogP contribution is 2.25. The van der Waals surface area contributed by atoms with Crippen LogP contribution in [0.5, 0.6) is 0 Å². The monoisotopic (exact) mass is 265 g/mol. The van der Waals surface area contributed by atoms with Crippen LogP contribution in [-0.4, -0.2) is 59.4 Å². The molecule has 0 aromatic carbocycles. The number of fused-ring (bicyclic) bond motifs is 1. The predicted molar refractivity (Wildman–Crippen MR) is 71.9 cm³/mol. The number of piperazine rings is 1. The molecule has 0 bridgehead atoms. The van der Waals surface area contributed by atoms with E-state index in [-0.39, 0.29) is 12.6 Å². The molecule has 0 amide bonds. The number of hydrogen-bond acceptors (Lipinski definition) is 5. The van der Waals surface area contributed by atoms with Crippen molar-refractivity contribution in [3.05, 3.63) is 17.0 Å². The van der Waals surface area contributed by atoms with Gasteiger partial charge in [-0.15, -0.1) is 0 Å². The molecule has 0 saturated carbocycles. The first-order valence-electron chi connectivity index (χ1n) is 7.27. The quantitative estimate of drug-likeness (QED) is 0.870. The van der Waals surface area contributed by atoms with E-state index in [0.717, 1.165) is 50.5 Å². The van der Waals surface area contributed by atoms with E-state index in [2.05, 4.69) is 22.0 Å². The summed E-state index contributed by atoms with van der Waals surface area (Å²) >= 11 is 0. The van der Waals surface area contributed by atoms with E-state index in [1.165, 1.54) is 18.4 Å². The summed E-state index contributed by atoms with van der Waals surface area (Å²) in [5.41, 5.74) is 2.47. The van der Waals surface area contributed by atoms with Gasteiger partial charge in [-0.05, 0) is 26.3 Å². The van der Waals surface area contributed by atoms with Crippen LogP contribution in [0.1, 0.15) is 29.9 Å². The second-order valence-electron chi connectivity index (χ2n) is 5.79. The van der Waals surface area contributed by atoms with Crippen LogP contribution in [0.4, 0.5) is 0 Å². The Morgan fingerprint density at radius 3 is 3.00 bits per heavy atom. The second kappa shape index (κ2) is 5.61. The average molecular weight is 265 g/mol. The molecular weight excluding hydrogens is 242 g/mol. The van der Waals surface area contributed by atoms with Gasteiger partial charge in [0, 0.05) is 44.2 Å². The normalized spacial score (nSPS) is 25.5. The van der Waals surface area contributed by atoms with Crippen LogP contribution in [0.2, 0.25) is 0 Å². The highest BCUT2D eigenvalue weighted by molar-refractivity contribution is 5.25. The van der Waals surface area contributed by atoms with Crippen molar-refractivity contribution in [2.75, 3.05) is 33.3 Å². The Bertz CT molecular complexity index is 432. The van der Waals surface area contributed by atoms with Crippen molar-refractivity contribution in [2.45, 2.75) is 38.3 Å². The van der Waals surface area contributed by atoms with Crippen molar-refractivity contribution in [1.29, 1.82) is 0 Å². The first kappa shape index (κ1) is 13.1. The smallest absolute Gasteiger partial charge is 0.140 e. The second-order valence-corrected chi connectivity index (χ2v) is 5.79. The molecule has 1 unspecified atom stereocenters. The molecule has 0 spiro atoms. The van der Waals surface area contributed by atoms with Gasteiger partial charge >= 0.3 is 0 Å². The number of aryl methyl sites for hydroxylation is 1. The lowest BCUT2D eigenvalue weighted by atomic mass is 9.96. The minimum absolute atomic E-state index is 0.226. The number of hydrogen-bond donors (Lipinski definition) is 1. The van der Waals surface area contributed by atoms with Crippen molar-refractivity contribution < 1.29 is 9.63 Å². The number of rotatable bonds is 3. The van der Waals surface area contributed by atoms with E-state index in [1.54, 1.807) is 0 Å². The number of aliphatic hydroxyl groups excluding tert-OH is 1. The van der Waals surface area contributed by atoms with Gasteiger partial charge in [0.2, 0.25) is 0 Å². The fourth-order valence-electron chi connectivity index (χ4n) is 3.14. The lowest BCUT2D eigenvalue weighted by Gasteiger charge is -2.38. The van der Waals surface area contributed by atoms with Crippen LogP contribution in [0.15, 0.2) is 4.52 Å². The number of aromatic nitrogens is 1. The molecule has 1 N–H and O–H groups in total. The van der Waals surface area contributed by atoms with Crippen molar-refractivity contribution in [1.82, 2.24) is 15.0 Å². The molecule has 1 aliphatic heterocycles. The Balaban J connectivity index is 1.67. The van der Waals surface area contributed by atoms with Crippen molar-refractivity contribution in [2.24, 2.45) is 0 Å². The van der Waals surface area contributed by atoms with E-state index >= 15 is 0 Å². The topological polar surface area (TPSA) is 52.7 Å². The summed E-state index contributed by atoms with van der Waals surface area (Å²) in [6, 6.07) is 0.247. The highest BCUT2D eigenvalue weighted by Gasteiger charge is 2.26. The molecule has 1 aliphatic carbocycles. The van der Waals surface area contributed by atoms with Crippen LogP contribution < -0.4 is 0 Å². The van der Waals surface area contributed by atoms with Crippen molar-refractivity contribution >= 4 is 0 Å². The van der Waals surface area contributed by atoms with E-state index < -0.39 is 0 Å². The van der Waals surface area contributed by atoms with Gasteiger partial charge in [-0.25, -0.2) is 0 Å². The fraction of sp³-hybridized carbons (Fsp3) is 0.786. The summed E-state index contributed by atoms with van der Waals surface area (Å²) < 4.78 is 5.47. The lowest BCUT2D eigenvalue weighted by molar-refractivity contribution is 0.0528. The van der Waals surface area contributed by atoms with Crippen LogP contribution in [0, 0.1) is 0 Å². The summed E-state index contributed by atoms with van der Waals surface area (Å²) in [5.74, 6) is 1.11. The molecule has 1 saturated heterocycles. The maximum atomic E-state index is 9.39.